The molecule has 0 aromatic carbocycles. The minimum Gasteiger partial charge on any atom is -0.291 e. The van der Waals surface area contributed by atoms with E-state index in [1.54, 1.807) is 26.0 Å². The number of aromatic nitrogens is 2. The van der Waals surface area contributed by atoms with Crippen molar-refractivity contribution in [1.82, 2.24) is 9.55 Å². The quantitative estimate of drug-likeness (QED) is 0.813. The van der Waals surface area contributed by atoms with E-state index in [0.717, 1.165) is 0 Å². The fraction of sp³-hybridized carbons (Fsp3) is 0.250. The minimum absolute atomic E-state index is 0.00517. The van der Waals surface area contributed by atoms with E-state index in [9.17, 15) is 9.59 Å². The molecule has 0 aliphatic rings. The average molecular weight is 283 g/mol. The van der Waals surface area contributed by atoms with Gasteiger partial charge in [-0.15, -0.1) is 11.3 Å². The van der Waals surface area contributed by atoms with Crippen molar-refractivity contribution in [2.24, 2.45) is 0 Å². The lowest BCUT2D eigenvalue weighted by Gasteiger charge is -2.07. The average Bonchev–Trinajstić information content (AvgIpc) is 2.70. The van der Waals surface area contributed by atoms with E-state index in [-0.39, 0.29) is 17.9 Å². The highest BCUT2D eigenvalue weighted by Crippen LogP contribution is 2.22. The smallest absolute Gasteiger partial charge is 0.254 e. The van der Waals surface area contributed by atoms with Crippen molar-refractivity contribution in [2.45, 2.75) is 20.4 Å². The Labute approximate surface area is 113 Å². The number of ketones is 1. The molecule has 0 N–H and O–H groups in total. The number of thiophene rings is 1. The van der Waals surface area contributed by atoms with Crippen molar-refractivity contribution in [2.75, 3.05) is 0 Å². The van der Waals surface area contributed by atoms with Crippen molar-refractivity contribution in [3.05, 3.63) is 49.3 Å². The van der Waals surface area contributed by atoms with Gasteiger partial charge < -0.3 is 0 Å². The number of halogens is 1. The molecule has 2 aromatic heterocycles. The Bertz CT molecular complexity index is 660. The van der Waals surface area contributed by atoms with Gasteiger partial charge in [-0.1, -0.05) is 11.6 Å². The Balaban J connectivity index is 2.30. The third-order valence-corrected chi connectivity index (χ3v) is 3.75. The molecule has 0 saturated heterocycles. The summed E-state index contributed by atoms with van der Waals surface area (Å²) in [5.74, 6) is 0.402. The summed E-state index contributed by atoms with van der Waals surface area (Å²) in [7, 11) is 0. The second kappa shape index (κ2) is 5.04. The number of rotatable bonds is 3. The summed E-state index contributed by atoms with van der Waals surface area (Å²) in [4.78, 5) is 28.5. The molecule has 2 rings (SSSR count). The zero-order chi connectivity index (χ0) is 13.3. The molecule has 0 aliphatic carbocycles. The topological polar surface area (TPSA) is 52.0 Å². The lowest BCUT2D eigenvalue weighted by atomic mass is 10.3. The molecule has 0 amide bonds. The number of aryl methyl sites for hydroxylation is 2. The zero-order valence-corrected chi connectivity index (χ0v) is 11.5. The predicted octanol–water partition coefficient (Wildman–Crippen LogP) is 2.46. The summed E-state index contributed by atoms with van der Waals surface area (Å²) in [6.07, 6.45) is 0. The van der Waals surface area contributed by atoms with Crippen LogP contribution in [0.15, 0.2) is 23.0 Å². The molecule has 2 heterocycles. The van der Waals surface area contributed by atoms with Crippen molar-refractivity contribution >= 4 is 28.7 Å². The third-order valence-electron chi connectivity index (χ3n) is 2.48. The van der Waals surface area contributed by atoms with Gasteiger partial charge in [0.2, 0.25) is 0 Å². The van der Waals surface area contributed by atoms with Gasteiger partial charge in [0.15, 0.2) is 5.78 Å². The summed E-state index contributed by atoms with van der Waals surface area (Å²) >= 11 is 6.99. The van der Waals surface area contributed by atoms with Gasteiger partial charge in [-0.3, -0.25) is 14.2 Å². The Morgan fingerprint density at radius 1 is 1.44 bits per heavy atom. The molecule has 0 radical (unpaired) electrons. The van der Waals surface area contributed by atoms with Crippen molar-refractivity contribution < 1.29 is 4.79 Å². The first kappa shape index (κ1) is 13.0. The molecule has 4 nitrogen and oxygen atoms in total. The first-order valence-electron chi connectivity index (χ1n) is 5.31. The van der Waals surface area contributed by atoms with E-state index >= 15 is 0 Å². The standard InChI is InChI=1S/C12H11ClN2O2S/c1-7-5-12(17)15(8(2)14-7)6-9(16)10-3-4-11(13)18-10/h3-5H,6H2,1-2H3. The molecule has 0 bridgehead atoms. The SMILES string of the molecule is Cc1cc(=O)n(CC(=O)c2ccc(Cl)s2)c(C)n1. The van der Waals surface area contributed by atoms with Crippen LogP contribution in [0.4, 0.5) is 0 Å². The number of hydrogen-bond donors (Lipinski definition) is 0. The maximum absolute atomic E-state index is 12.0. The maximum Gasteiger partial charge on any atom is 0.254 e. The van der Waals surface area contributed by atoms with Gasteiger partial charge in [-0.05, 0) is 26.0 Å². The number of carbonyl (C=O) groups excluding carboxylic acids is 1. The Morgan fingerprint density at radius 2 is 2.17 bits per heavy atom. The fourth-order valence-electron chi connectivity index (χ4n) is 1.64. The summed E-state index contributed by atoms with van der Waals surface area (Å²) < 4.78 is 1.92. The molecule has 0 fully saturated rings. The molecule has 0 atom stereocenters. The molecule has 0 spiro atoms. The van der Waals surface area contributed by atoms with Crippen LogP contribution in [0.1, 0.15) is 21.2 Å². The van der Waals surface area contributed by atoms with E-state index in [4.69, 9.17) is 11.6 Å². The minimum atomic E-state index is -0.212. The van der Waals surface area contributed by atoms with E-state index < -0.39 is 0 Å². The lowest BCUT2D eigenvalue weighted by Crippen LogP contribution is -2.26. The predicted molar refractivity (Wildman–Crippen MR) is 71.6 cm³/mol. The van der Waals surface area contributed by atoms with Gasteiger partial charge in [0.05, 0.1) is 15.8 Å². The molecular formula is C12H11ClN2O2S. The van der Waals surface area contributed by atoms with Crippen LogP contribution >= 0.6 is 22.9 Å². The number of nitrogens with zero attached hydrogens (tertiary/aromatic N) is 2. The highest BCUT2D eigenvalue weighted by Gasteiger charge is 2.12. The number of Topliss-reactive ketones (excluding diaryl/α,β-unsaturated/α-hetero) is 1. The van der Waals surface area contributed by atoms with Crippen molar-refractivity contribution in [3.8, 4) is 0 Å². The second-order valence-corrected chi connectivity index (χ2v) is 5.61. The first-order chi connectivity index (χ1) is 8.47. The van der Waals surface area contributed by atoms with Gasteiger partial charge in [-0.2, -0.15) is 0 Å². The Kier molecular flexibility index (Phi) is 3.63. The summed E-state index contributed by atoms with van der Waals surface area (Å²) in [5, 5.41) is 0. The van der Waals surface area contributed by atoms with Crippen LogP contribution in [0.25, 0.3) is 0 Å². The largest absolute Gasteiger partial charge is 0.291 e. The molecule has 94 valence electrons. The highest BCUT2D eigenvalue weighted by atomic mass is 35.5. The number of carbonyl (C=O) groups is 1. The van der Waals surface area contributed by atoms with Gasteiger partial charge >= 0.3 is 0 Å². The molecule has 0 saturated carbocycles. The maximum atomic E-state index is 12.0. The molecular weight excluding hydrogens is 272 g/mol. The molecule has 2 aromatic rings. The molecule has 18 heavy (non-hydrogen) atoms. The zero-order valence-electron chi connectivity index (χ0n) is 9.94. The van der Waals surface area contributed by atoms with Gasteiger partial charge in [0.1, 0.15) is 5.82 Å². The van der Waals surface area contributed by atoms with E-state index in [0.29, 0.717) is 20.7 Å². The normalized spacial score (nSPS) is 10.6. The lowest BCUT2D eigenvalue weighted by molar-refractivity contribution is 0.0973. The van der Waals surface area contributed by atoms with E-state index in [1.165, 1.54) is 22.0 Å². The van der Waals surface area contributed by atoms with Gasteiger partial charge in [-0.25, -0.2) is 4.98 Å². The van der Waals surface area contributed by atoms with Crippen LogP contribution in [0.3, 0.4) is 0 Å². The molecule has 6 heteroatoms. The Hall–Kier alpha value is -1.46. The van der Waals surface area contributed by atoms with Crippen LogP contribution < -0.4 is 5.56 Å². The van der Waals surface area contributed by atoms with Crippen LogP contribution in [0, 0.1) is 13.8 Å². The number of hydrogen-bond acceptors (Lipinski definition) is 4. The third kappa shape index (κ3) is 2.68. The highest BCUT2D eigenvalue weighted by molar-refractivity contribution is 7.18. The van der Waals surface area contributed by atoms with E-state index in [1.807, 2.05) is 0 Å². The van der Waals surface area contributed by atoms with E-state index in [2.05, 4.69) is 4.98 Å². The Morgan fingerprint density at radius 3 is 2.72 bits per heavy atom. The van der Waals surface area contributed by atoms with Crippen LogP contribution in [0.2, 0.25) is 4.34 Å². The first-order valence-corrected chi connectivity index (χ1v) is 6.50. The summed E-state index contributed by atoms with van der Waals surface area (Å²) in [5.41, 5.74) is 0.441. The van der Waals surface area contributed by atoms with Gasteiger partial charge in [0.25, 0.3) is 5.56 Å². The monoisotopic (exact) mass is 282 g/mol. The van der Waals surface area contributed by atoms with Gasteiger partial charge in [0, 0.05) is 11.8 Å². The van der Waals surface area contributed by atoms with Crippen LogP contribution in [-0.2, 0) is 6.54 Å². The van der Waals surface area contributed by atoms with Crippen LogP contribution in [0.5, 0.6) is 0 Å². The second-order valence-electron chi connectivity index (χ2n) is 3.90. The molecule has 0 aliphatic heterocycles. The van der Waals surface area contributed by atoms with Crippen molar-refractivity contribution in [3.63, 3.8) is 0 Å². The molecule has 0 unspecified atom stereocenters. The summed E-state index contributed by atoms with van der Waals surface area (Å²) in [6, 6.07) is 4.75. The van der Waals surface area contributed by atoms with Crippen molar-refractivity contribution in [1.29, 1.82) is 0 Å². The summed E-state index contributed by atoms with van der Waals surface area (Å²) in [6.45, 7) is 3.46. The fourth-order valence-corrected chi connectivity index (χ4v) is 2.61. The van der Waals surface area contributed by atoms with Crippen LogP contribution in [-0.4, -0.2) is 15.3 Å².